The fraction of sp³-hybridized carbons (Fsp3) is 0. The molecule has 11 aromatic rings. The van der Waals surface area contributed by atoms with Crippen molar-refractivity contribution in [3.63, 3.8) is 0 Å². The molecule has 258 valence electrons. The fourth-order valence-corrected chi connectivity index (χ4v) is 9.46. The van der Waals surface area contributed by atoms with E-state index in [1.54, 1.807) is 0 Å². The Morgan fingerprint density at radius 1 is 0.382 bits per heavy atom. The largest absolute Gasteiger partial charge is 0.455 e. The van der Waals surface area contributed by atoms with Gasteiger partial charge in [-0.3, -0.25) is 0 Å². The van der Waals surface area contributed by atoms with Gasteiger partial charge in [0, 0.05) is 53.6 Å². The van der Waals surface area contributed by atoms with Gasteiger partial charge in [-0.1, -0.05) is 146 Å². The average molecular weight is 720 g/mol. The van der Waals surface area contributed by atoms with Gasteiger partial charge in [-0.05, 0) is 93.2 Å². The smallest absolute Gasteiger partial charge is 0.143 e. The predicted molar refractivity (Wildman–Crippen MR) is 235 cm³/mol. The Morgan fingerprint density at radius 3 is 1.65 bits per heavy atom. The standard InChI is InChI=1S/C52H33NOS/c1-2-11-34(12-3-1)35-21-27-39(28-22-35)53(40-29-23-36(24-30-40)43-17-10-18-45-44-15-7-9-20-49(44)55-52(43)45)41-31-25-37(26-32-41)47-33-38-13-4-5-14-42(38)50-46-16-6-8-19-48(46)54-51(47)50/h1-33H. The maximum atomic E-state index is 6.59. The number of para-hydroxylation sites is 1. The van der Waals surface area contributed by atoms with Crippen molar-refractivity contribution in [2.75, 3.05) is 4.90 Å². The monoisotopic (exact) mass is 719 g/mol. The zero-order valence-corrected chi connectivity index (χ0v) is 30.6. The first-order valence-electron chi connectivity index (χ1n) is 18.7. The average Bonchev–Trinajstić information content (AvgIpc) is 3.84. The Labute approximate surface area is 322 Å². The Hall–Kier alpha value is -6.94. The molecule has 0 amide bonds. The van der Waals surface area contributed by atoms with Crippen molar-refractivity contribution in [2.24, 2.45) is 0 Å². The summed E-state index contributed by atoms with van der Waals surface area (Å²) in [5, 5.41) is 7.35. The third-order valence-corrected chi connectivity index (χ3v) is 12.1. The minimum absolute atomic E-state index is 0.906. The molecule has 0 fully saturated rings. The van der Waals surface area contributed by atoms with Crippen LogP contribution in [0.15, 0.2) is 205 Å². The van der Waals surface area contributed by atoms with Gasteiger partial charge in [0.05, 0.1) is 0 Å². The number of fused-ring (bicyclic) bond motifs is 8. The maximum absolute atomic E-state index is 6.59. The number of benzene rings is 9. The van der Waals surface area contributed by atoms with Crippen molar-refractivity contribution in [3.05, 3.63) is 200 Å². The first kappa shape index (κ1) is 31.6. The SMILES string of the molecule is c1ccc(-c2ccc(N(c3ccc(-c4cc5ccccc5c5c4oc4ccccc45)cc3)c3ccc(-c4cccc5c4sc4ccccc45)cc3)cc2)cc1. The minimum Gasteiger partial charge on any atom is -0.455 e. The summed E-state index contributed by atoms with van der Waals surface area (Å²) in [6.45, 7) is 0. The van der Waals surface area contributed by atoms with E-state index in [9.17, 15) is 0 Å². The second kappa shape index (κ2) is 12.9. The predicted octanol–water partition coefficient (Wildman–Crippen LogP) is 15.6. The van der Waals surface area contributed by atoms with E-state index in [1.165, 1.54) is 58.6 Å². The summed E-state index contributed by atoms with van der Waals surface area (Å²) in [4.78, 5) is 2.35. The van der Waals surface area contributed by atoms with E-state index in [0.717, 1.165) is 44.7 Å². The highest BCUT2D eigenvalue weighted by Gasteiger charge is 2.18. The quantitative estimate of drug-likeness (QED) is 0.170. The van der Waals surface area contributed by atoms with Crippen LogP contribution in [0.3, 0.4) is 0 Å². The van der Waals surface area contributed by atoms with Crippen LogP contribution in [-0.2, 0) is 0 Å². The second-order valence-corrected chi connectivity index (χ2v) is 15.1. The zero-order valence-electron chi connectivity index (χ0n) is 29.8. The number of hydrogen-bond acceptors (Lipinski definition) is 3. The van der Waals surface area contributed by atoms with Crippen molar-refractivity contribution in [2.45, 2.75) is 0 Å². The van der Waals surface area contributed by atoms with E-state index >= 15 is 0 Å². The van der Waals surface area contributed by atoms with Crippen molar-refractivity contribution in [3.8, 4) is 33.4 Å². The van der Waals surface area contributed by atoms with Crippen molar-refractivity contribution >= 4 is 81.3 Å². The highest BCUT2D eigenvalue weighted by atomic mass is 32.1. The zero-order chi connectivity index (χ0) is 36.3. The number of furan rings is 1. The van der Waals surface area contributed by atoms with Gasteiger partial charge in [0.25, 0.3) is 0 Å². The van der Waals surface area contributed by atoms with E-state index in [1.807, 2.05) is 17.4 Å². The minimum atomic E-state index is 0.906. The highest BCUT2D eigenvalue weighted by molar-refractivity contribution is 7.26. The van der Waals surface area contributed by atoms with Crippen molar-refractivity contribution in [1.82, 2.24) is 0 Å². The van der Waals surface area contributed by atoms with E-state index in [0.29, 0.717) is 0 Å². The molecule has 11 rings (SSSR count). The molecule has 55 heavy (non-hydrogen) atoms. The Kier molecular flexibility index (Phi) is 7.39. The van der Waals surface area contributed by atoms with Crippen LogP contribution in [0.2, 0.25) is 0 Å². The molecule has 3 heteroatoms. The molecule has 0 spiro atoms. The van der Waals surface area contributed by atoms with Crippen LogP contribution < -0.4 is 4.90 Å². The first-order valence-corrected chi connectivity index (χ1v) is 19.5. The third kappa shape index (κ3) is 5.32. The summed E-state index contributed by atoms with van der Waals surface area (Å²) >= 11 is 1.87. The van der Waals surface area contributed by atoms with Gasteiger partial charge in [-0.25, -0.2) is 0 Å². The topological polar surface area (TPSA) is 16.4 Å². The summed E-state index contributed by atoms with van der Waals surface area (Å²) in [7, 11) is 0. The van der Waals surface area contributed by atoms with Gasteiger partial charge < -0.3 is 9.32 Å². The summed E-state index contributed by atoms with van der Waals surface area (Å²) in [5.74, 6) is 0. The molecule has 0 N–H and O–H groups in total. The van der Waals surface area contributed by atoms with E-state index in [-0.39, 0.29) is 0 Å². The van der Waals surface area contributed by atoms with E-state index in [2.05, 4.69) is 199 Å². The van der Waals surface area contributed by atoms with Gasteiger partial charge in [-0.2, -0.15) is 0 Å². The van der Waals surface area contributed by atoms with Gasteiger partial charge >= 0.3 is 0 Å². The Morgan fingerprint density at radius 2 is 0.927 bits per heavy atom. The van der Waals surface area contributed by atoms with Gasteiger partial charge in [0.15, 0.2) is 0 Å². The molecule has 0 saturated heterocycles. The van der Waals surface area contributed by atoms with E-state index in [4.69, 9.17) is 4.42 Å². The molecular weight excluding hydrogens is 687 g/mol. The lowest BCUT2D eigenvalue weighted by Crippen LogP contribution is -2.09. The lowest BCUT2D eigenvalue weighted by molar-refractivity contribution is 0.670. The number of nitrogens with zero attached hydrogens (tertiary/aromatic N) is 1. The number of rotatable bonds is 6. The number of hydrogen-bond donors (Lipinski definition) is 0. The molecule has 0 aliphatic rings. The molecule has 0 bridgehead atoms. The molecule has 0 radical (unpaired) electrons. The number of thiophene rings is 1. The molecule has 0 aliphatic carbocycles. The summed E-state index contributed by atoms with van der Waals surface area (Å²) in [6.07, 6.45) is 0. The summed E-state index contributed by atoms with van der Waals surface area (Å²) in [5.41, 5.74) is 12.2. The molecular formula is C52H33NOS. The Bertz CT molecular complexity index is 3170. The molecule has 0 atom stereocenters. The molecule has 0 unspecified atom stereocenters. The summed E-state index contributed by atoms with van der Waals surface area (Å²) in [6, 6.07) is 72.0. The molecule has 2 nitrogen and oxygen atoms in total. The van der Waals surface area contributed by atoms with Crippen LogP contribution in [0, 0.1) is 0 Å². The number of anilines is 3. The lowest BCUT2D eigenvalue weighted by Gasteiger charge is -2.26. The summed E-state index contributed by atoms with van der Waals surface area (Å²) < 4.78 is 9.24. The van der Waals surface area contributed by atoms with Crippen LogP contribution in [0.4, 0.5) is 17.1 Å². The third-order valence-electron chi connectivity index (χ3n) is 10.9. The highest BCUT2D eigenvalue weighted by Crippen LogP contribution is 2.44. The van der Waals surface area contributed by atoms with Crippen molar-refractivity contribution in [1.29, 1.82) is 0 Å². The van der Waals surface area contributed by atoms with Crippen LogP contribution >= 0.6 is 11.3 Å². The van der Waals surface area contributed by atoms with Gasteiger partial charge in [0.1, 0.15) is 11.2 Å². The van der Waals surface area contributed by atoms with Crippen LogP contribution in [0.1, 0.15) is 0 Å². The second-order valence-electron chi connectivity index (χ2n) is 14.1. The molecule has 2 heterocycles. The lowest BCUT2D eigenvalue weighted by atomic mass is 9.96. The maximum Gasteiger partial charge on any atom is 0.143 e. The first-order chi connectivity index (χ1) is 27.3. The molecule has 0 aliphatic heterocycles. The van der Waals surface area contributed by atoms with Gasteiger partial charge in [-0.15, -0.1) is 11.3 Å². The van der Waals surface area contributed by atoms with Crippen LogP contribution in [0.5, 0.6) is 0 Å². The fourth-order valence-electron chi connectivity index (χ4n) is 8.22. The molecule has 2 aromatic heterocycles. The normalized spacial score (nSPS) is 11.6. The van der Waals surface area contributed by atoms with Crippen molar-refractivity contribution < 1.29 is 4.42 Å². The van der Waals surface area contributed by atoms with Gasteiger partial charge in [0.2, 0.25) is 0 Å². The molecule has 9 aromatic carbocycles. The Balaban J connectivity index is 1.02. The van der Waals surface area contributed by atoms with Crippen LogP contribution in [0.25, 0.3) is 86.3 Å². The molecule has 0 saturated carbocycles. The van der Waals surface area contributed by atoms with E-state index < -0.39 is 0 Å². The van der Waals surface area contributed by atoms with Crippen LogP contribution in [-0.4, -0.2) is 0 Å².